The van der Waals surface area contributed by atoms with Gasteiger partial charge in [-0.3, -0.25) is 0 Å². The Kier molecular flexibility index (Phi) is 4.21. The summed E-state index contributed by atoms with van der Waals surface area (Å²) in [5, 5.41) is 1.37. The Hall–Kier alpha value is -1.54. The van der Waals surface area contributed by atoms with Gasteiger partial charge in [-0.2, -0.15) is 0 Å². The van der Waals surface area contributed by atoms with Crippen LogP contribution in [0.5, 0.6) is 0 Å². The van der Waals surface area contributed by atoms with Crippen LogP contribution in [0.4, 0.5) is 0 Å². The molecule has 0 saturated carbocycles. The van der Waals surface area contributed by atoms with Crippen molar-refractivity contribution in [2.75, 3.05) is 6.54 Å². The summed E-state index contributed by atoms with van der Waals surface area (Å²) >= 11 is 0. The van der Waals surface area contributed by atoms with Gasteiger partial charge < -0.3 is 10.3 Å². The van der Waals surface area contributed by atoms with E-state index in [2.05, 4.69) is 48.5 Å². The van der Waals surface area contributed by atoms with E-state index in [1.165, 1.54) is 22.0 Å². The minimum atomic E-state index is 0.782. The van der Waals surface area contributed by atoms with Gasteiger partial charge in [0.2, 0.25) is 0 Å². The Morgan fingerprint density at radius 3 is 2.78 bits per heavy atom. The summed E-state index contributed by atoms with van der Waals surface area (Å²) in [6.07, 6.45) is 5.65. The monoisotopic (exact) mass is 242 g/mol. The number of unbranched alkanes of at least 4 members (excludes halogenated alkanes) is 1. The predicted octanol–water partition coefficient (Wildman–Crippen LogP) is 3.50. The smallest absolute Gasteiger partial charge is 0.0486 e. The van der Waals surface area contributed by atoms with Crippen molar-refractivity contribution < 1.29 is 0 Å². The molecular formula is C16H22N2. The molecule has 1 aromatic heterocycles. The lowest BCUT2D eigenvalue weighted by Crippen LogP contribution is -1.99. The molecule has 96 valence electrons. The summed E-state index contributed by atoms with van der Waals surface area (Å²) in [5.41, 5.74) is 9.48. The summed E-state index contributed by atoms with van der Waals surface area (Å²) in [4.78, 5) is 0. The third-order valence-electron chi connectivity index (χ3n) is 3.21. The fourth-order valence-corrected chi connectivity index (χ4v) is 2.40. The molecule has 2 N–H and O–H groups in total. The van der Waals surface area contributed by atoms with Crippen molar-refractivity contribution in [3.05, 3.63) is 48.2 Å². The van der Waals surface area contributed by atoms with Crippen molar-refractivity contribution in [2.24, 2.45) is 5.73 Å². The number of fused-ring (bicyclic) bond motifs is 1. The minimum absolute atomic E-state index is 0.782. The van der Waals surface area contributed by atoms with Gasteiger partial charge in [-0.15, -0.1) is 0 Å². The predicted molar refractivity (Wildman–Crippen MR) is 78.7 cm³/mol. The van der Waals surface area contributed by atoms with Crippen molar-refractivity contribution >= 4 is 10.9 Å². The highest BCUT2D eigenvalue weighted by molar-refractivity contribution is 5.84. The van der Waals surface area contributed by atoms with Gasteiger partial charge in [0.05, 0.1) is 0 Å². The van der Waals surface area contributed by atoms with Crippen molar-refractivity contribution in [1.29, 1.82) is 0 Å². The minimum Gasteiger partial charge on any atom is -0.343 e. The first-order valence-electron chi connectivity index (χ1n) is 6.63. The van der Waals surface area contributed by atoms with E-state index in [4.69, 9.17) is 5.73 Å². The molecule has 2 rings (SSSR count). The van der Waals surface area contributed by atoms with E-state index in [-0.39, 0.29) is 0 Å². The maximum absolute atomic E-state index is 5.56. The van der Waals surface area contributed by atoms with Gasteiger partial charge in [0.25, 0.3) is 0 Å². The second-order valence-electron chi connectivity index (χ2n) is 5.00. The molecule has 18 heavy (non-hydrogen) atoms. The number of allylic oxidation sites excluding steroid dienone is 1. The average molecular weight is 242 g/mol. The largest absolute Gasteiger partial charge is 0.343 e. The molecule has 2 aromatic rings. The molecule has 2 nitrogen and oxygen atoms in total. The van der Waals surface area contributed by atoms with Crippen LogP contribution in [0.2, 0.25) is 0 Å². The molecule has 2 heteroatoms. The van der Waals surface area contributed by atoms with Crippen LogP contribution in [0.25, 0.3) is 10.9 Å². The molecule has 0 radical (unpaired) electrons. The zero-order valence-electron chi connectivity index (χ0n) is 11.2. The maximum atomic E-state index is 5.56. The lowest BCUT2D eigenvalue weighted by molar-refractivity contribution is 0.741. The number of aryl methyl sites for hydroxylation is 1. The summed E-state index contributed by atoms with van der Waals surface area (Å²) in [6.45, 7) is 7.76. The van der Waals surface area contributed by atoms with E-state index in [9.17, 15) is 0 Å². The highest BCUT2D eigenvalue weighted by Gasteiger charge is 2.07. The number of nitrogens with two attached hydrogens (primary N) is 1. The van der Waals surface area contributed by atoms with Crippen LogP contribution >= 0.6 is 0 Å². The van der Waals surface area contributed by atoms with E-state index < -0.39 is 0 Å². The van der Waals surface area contributed by atoms with Crippen molar-refractivity contribution in [1.82, 2.24) is 4.57 Å². The third kappa shape index (κ3) is 2.82. The van der Waals surface area contributed by atoms with Crippen LogP contribution < -0.4 is 5.73 Å². The molecule has 1 aromatic carbocycles. The van der Waals surface area contributed by atoms with Gasteiger partial charge >= 0.3 is 0 Å². The van der Waals surface area contributed by atoms with E-state index >= 15 is 0 Å². The maximum Gasteiger partial charge on any atom is 0.0486 e. The zero-order chi connectivity index (χ0) is 13.0. The molecule has 0 amide bonds. The Labute approximate surface area is 109 Å². The lowest BCUT2D eigenvalue weighted by atomic mass is 10.1. The molecule has 0 aliphatic carbocycles. The number of aromatic nitrogens is 1. The van der Waals surface area contributed by atoms with Gasteiger partial charge in [-0.05, 0) is 44.4 Å². The zero-order valence-corrected chi connectivity index (χ0v) is 11.2. The van der Waals surface area contributed by atoms with Crippen LogP contribution in [-0.2, 0) is 13.0 Å². The van der Waals surface area contributed by atoms with Crippen molar-refractivity contribution in [3.63, 3.8) is 0 Å². The Morgan fingerprint density at radius 1 is 1.28 bits per heavy atom. The van der Waals surface area contributed by atoms with E-state index in [0.717, 1.165) is 32.4 Å². The Balaban J connectivity index is 2.31. The highest BCUT2D eigenvalue weighted by atomic mass is 15.0. The van der Waals surface area contributed by atoms with Gasteiger partial charge in [0, 0.05) is 23.6 Å². The fraction of sp³-hybridized carbons (Fsp3) is 0.375. The number of nitrogens with zero attached hydrogens (tertiary/aromatic N) is 1. The summed E-state index contributed by atoms with van der Waals surface area (Å²) in [6, 6.07) is 8.60. The number of hydrogen-bond donors (Lipinski definition) is 1. The molecule has 0 unspecified atom stereocenters. The Morgan fingerprint density at radius 2 is 2.06 bits per heavy atom. The number of benzene rings is 1. The normalized spacial score (nSPS) is 11.0. The second kappa shape index (κ2) is 5.87. The average Bonchev–Trinajstić information content (AvgIpc) is 2.68. The molecule has 0 aliphatic heterocycles. The number of rotatable bonds is 6. The molecule has 0 spiro atoms. The molecule has 1 heterocycles. The molecule has 0 atom stereocenters. The molecule has 0 bridgehead atoms. The van der Waals surface area contributed by atoms with Crippen LogP contribution in [-0.4, -0.2) is 11.1 Å². The van der Waals surface area contributed by atoms with E-state index in [1.807, 2.05) is 0 Å². The second-order valence-corrected chi connectivity index (χ2v) is 5.00. The Bertz CT molecular complexity index is 537. The molecule has 0 saturated heterocycles. The molecule has 0 fully saturated rings. The first-order chi connectivity index (χ1) is 8.72. The first-order valence-corrected chi connectivity index (χ1v) is 6.63. The number of hydrogen-bond acceptors (Lipinski definition) is 1. The number of para-hydroxylation sites is 1. The van der Waals surface area contributed by atoms with Crippen LogP contribution in [0.3, 0.4) is 0 Å². The first kappa shape index (κ1) is 12.9. The lowest BCUT2D eigenvalue weighted by Gasteiger charge is -2.03. The van der Waals surface area contributed by atoms with E-state index in [0.29, 0.717) is 0 Å². The van der Waals surface area contributed by atoms with E-state index in [1.54, 1.807) is 0 Å². The van der Waals surface area contributed by atoms with Gasteiger partial charge in [0.15, 0.2) is 0 Å². The highest BCUT2D eigenvalue weighted by Crippen LogP contribution is 2.23. The van der Waals surface area contributed by atoms with Crippen LogP contribution in [0, 0.1) is 0 Å². The summed E-state index contributed by atoms with van der Waals surface area (Å²) in [5.74, 6) is 0. The quantitative estimate of drug-likeness (QED) is 0.610. The van der Waals surface area contributed by atoms with Gasteiger partial charge in [-0.25, -0.2) is 0 Å². The fourth-order valence-electron chi connectivity index (χ4n) is 2.40. The standard InChI is InChI=1S/C16H22N2/c1-13(2)11-18-12-14(7-5-6-10-17)15-8-3-4-9-16(15)18/h3-4,8-9,12H,1,5-7,10-11,17H2,2H3. The van der Waals surface area contributed by atoms with Crippen LogP contribution in [0.15, 0.2) is 42.6 Å². The van der Waals surface area contributed by atoms with Gasteiger partial charge in [-0.1, -0.05) is 30.4 Å². The van der Waals surface area contributed by atoms with Gasteiger partial charge in [0.1, 0.15) is 0 Å². The third-order valence-corrected chi connectivity index (χ3v) is 3.21. The van der Waals surface area contributed by atoms with Crippen LogP contribution in [0.1, 0.15) is 25.3 Å². The van der Waals surface area contributed by atoms with Crippen molar-refractivity contribution in [2.45, 2.75) is 32.7 Å². The summed E-state index contributed by atoms with van der Waals surface area (Å²) in [7, 11) is 0. The topological polar surface area (TPSA) is 30.9 Å². The molecule has 0 aliphatic rings. The summed E-state index contributed by atoms with van der Waals surface area (Å²) < 4.78 is 2.30. The molecular weight excluding hydrogens is 220 g/mol. The SMILES string of the molecule is C=C(C)Cn1cc(CCCCN)c2ccccc21. The van der Waals surface area contributed by atoms with Crippen molar-refractivity contribution in [3.8, 4) is 0 Å².